The predicted molar refractivity (Wildman–Crippen MR) is 63.5 cm³/mol. The van der Waals surface area contributed by atoms with E-state index in [0.29, 0.717) is 18.0 Å². The summed E-state index contributed by atoms with van der Waals surface area (Å²) < 4.78 is 6.24. The number of halogens is 1. The molecule has 0 aliphatic carbocycles. The maximum absolute atomic E-state index is 11.0. The van der Waals surface area contributed by atoms with Crippen LogP contribution in [0.1, 0.15) is 28.9 Å². The van der Waals surface area contributed by atoms with Crippen molar-refractivity contribution in [3.63, 3.8) is 0 Å². The molecule has 82 valence electrons. The largest absolute Gasteiger partial charge is 0.448 e. The lowest BCUT2D eigenvalue weighted by Gasteiger charge is -1.99. The molecule has 0 N–H and O–H groups in total. The Balaban J connectivity index is 2.21. The quantitative estimate of drug-likeness (QED) is 0.811. The highest BCUT2D eigenvalue weighted by atomic mass is 79.9. The zero-order valence-corrected chi connectivity index (χ0v) is 10.3. The van der Waals surface area contributed by atoms with E-state index in [4.69, 9.17) is 4.42 Å². The molecule has 0 saturated heterocycles. The number of carbonyl (C=O) groups excluding carboxylic acids is 1. The number of benzene rings is 1. The summed E-state index contributed by atoms with van der Waals surface area (Å²) in [6, 6.07) is 7.85. The molecule has 1 aromatic heterocycles. The SMILES string of the molecule is CC(=O)c1coc(Cc2ccccc2Br)n1. The topological polar surface area (TPSA) is 43.1 Å². The molecule has 0 radical (unpaired) electrons. The normalized spacial score (nSPS) is 10.4. The van der Waals surface area contributed by atoms with Crippen LogP contribution in [0.4, 0.5) is 0 Å². The van der Waals surface area contributed by atoms with Gasteiger partial charge in [-0.25, -0.2) is 4.98 Å². The van der Waals surface area contributed by atoms with Gasteiger partial charge in [0.2, 0.25) is 0 Å². The van der Waals surface area contributed by atoms with Gasteiger partial charge in [0.25, 0.3) is 0 Å². The molecule has 3 nitrogen and oxygen atoms in total. The molecule has 0 bridgehead atoms. The standard InChI is InChI=1S/C12H10BrNO2/c1-8(15)11-7-16-12(14-11)6-9-4-2-3-5-10(9)13/h2-5,7H,6H2,1H3. The first kappa shape index (κ1) is 11.1. The molecular weight excluding hydrogens is 270 g/mol. The van der Waals surface area contributed by atoms with E-state index in [2.05, 4.69) is 20.9 Å². The van der Waals surface area contributed by atoms with Crippen LogP contribution < -0.4 is 0 Å². The van der Waals surface area contributed by atoms with Crippen molar-refractivity contribution >= 4 is 21.7 Å². The number of rotatable bonds is 3. The van der Waals surface area contributed by atoms with Gasteiger partial charge in [-0.3, -0.25) is 4.79 Å². The predicted octanol–water partition coefficient (Wildman–Crippen LogP) is 3.23. The molecular formula is C12H10BrNO2. The summed E-state index contributed by atoms with van der Waals surface area (Å²) in [5, 5.41) is 0. The molecule has 1 heterocycles. The Morgan fingerprint density at radius 1 is 1.44 bits per heavy atom. The summed E-state index contributed by atoms with van der Waals surface area (Å²) in [5.74, 6) is 0.472. The summed E-state index contributed by atoms with van der Waals surface area (Å²) in [6.45, 7) is 1.47. The van der Waals surface area contributed by atoms with Crippen molar-refractivity contribution in [3.8, 4) is 0 Å². The average Bonchev–Trinajstić information content (AvgIpc) is 2.70. The molecule has 0 atom stereocenters. The van der Waals surface area contributed by atoms with Crippen LogP contribution in [0.5, 0.6) is 0 Å². The lowest BCUT2D eigenvalue weighted by atomic mass is 10.1. The van der Waals surface area contributed by atoms with Crippen molar-refractivity contribution in [2.75, 3.05) is 0 Å². The van der Waals surface area contributed by atoms with Gasteiger partial charge in [-0.15, -0.1) is 0 Å². The fraction of sp³-hybridized carbons (Fsp3) is 0.167. The zero-order valence-electron chi connectivity index (χ0n) is 8.74. The van der Waals surface area contributed by atoms with E-state index in [1.165, 1.54) is 13.2 Å². The second-order valence-corrected chi connectivity index (χ2v) is 4.31. The molecule has 0 amide bonds. The molecule has 2 aromatic rings. The molecule has 0 aliphatic heterocycles. The summed E-state index contributed by atoms with van der Waals surface area (Å²) in [6.07, 6.45) is 1.98. The minimum Gasteiger partial charge on any atom is -0.448 e. The van der Waals surface area contributed by atoms with Gasteiger partial charge >= 0.3 is 0 Å². The van der Waals surface area contributed by atoms with Crippen molar-refractivity contribution in [2.24, 2.45) is 0 Å². The first-order valence-corrected chi connectivity index (χ1v) is 5.65. The second-order valence-electron chi connectivity index (χ2n) is 3.45. The lowest BCUT2D eigenvalue weighted by molar-refractivity contribution is 0.101. The zero-order chi connectivity index (χ0) is 11.5. The van der Waals surface area contributed by atoms with Gasteiger partial charge in [0, 0.05) is 11.4 Å². The summed E-state index contributed by atoms with van der Waals surface area (Å²) in [4.78, 5) is 15.2. The second kappa shape index (κ2) is 4.61. The van der Waals surface area contributed by atoms with Gasteiger partial charge < -0.3 is 4.42 Å². The van der Waals surface area contributed by atoms with Gasteiger partial charge in [0.15, 0.2) is 11.7 Å². The molecule has 0 fully saturated rings. The minimum atomic E-state index is -0.0814. The van der Waals surface area contributed by atoms with Crippen LogP contribution in [0.25, 0.3) is 0 Å². The Morgan fingerprint density at radius 3 is 2.81 bits per heavy atom. The number of ketones is 1. The monoisotopic (exact) mass is 279 g/mol. The van der Waals surface area contributed by atoms with Crippen molar-refractivity contribution in [1.82, 2.24) is 4.98 Å². The number of nitrogens with zero attached hydrogens (tertiary/aromatic N) is 1. The molecule has 1 aromatic carbocycles. The van der Waals surface area contributed by atoms with Gasteiger partial charge in [0.1, 0.15) is 12.0 Å². The molecule has 16 heavy (non-hydrogen) atoms. The Labute approximate surface area is 102 Å². The van der Waals surface area contributed by atoms with Gasteiger partial charge in [-0.1, -0.05) is 34.1 Å². The average molecular weight is 280 g/mol. The van der Waals surface area contributed by atoms with E-state index >= 15 is 0 Å². The number of Topliss-reactive ketones (excluding diaryl/α,β-unsaturated/α-hetero) is 1. The van der Waals surface area contributed by atoms with E-state index in [0.717, 1.165) is 10.0 Å². The molecule has 2 rings (SSSR count). The molecule has 0 spiro atoms. The number of hydrogen-bond donors (Lipinski definition) is 0. The van der Waals surface area contributed by atoms with Crippen LogP contribution in [-0.2, 0) is 6.42 Å². The minimum absolute atomic E-state index is 0.0814. The Morgan fingerprint density at radius 2 is 2.19 bits per heavy atom. The number of aromatic nitrogens is 1. The van der Waals surface area contributed by atoms with Crippen molar-refractivity contribution in [1.29, 1.82) is 0 Å². The van der Waals surface area contributed by atoms with E-state index in [9.17, 15) is 4.79 Å². The molecule has 4 heteroatoms. The van der Waals surface area contributed by atoms with E-state index in [1.54, 1.807) is 0 Å². The summed E-state index contributed by atoms with van der Waals surface area (Å²) >= 11 is 3.45. The Bertz CT molecular complexity index is 519. The summed E-state index contributed by atoms with van der Waals surface area (Å²) in [7, 11) is 0. The highest BCUT2D eigenvalue weighted by Crippen LogP contribution is 2.19. The van der Waals surface area contributed by atoms with Crippen LogP contribution in [0, 0.1) is 0 Å². The summed E-state index contributed by atoms with van der Waals surface area (Å²) in [5.41, 5.74) is 1.46. The number of oxazole rings is 1. The van der Waals surface area contributed by atoms with Crippen LogP contribution in [0.2, 0.25) is 0 Å². The smallest absolute Gasteiger partial charge is 0.199 e. The van der Waals surface area contributed by atoms with Crippen molar-refractivity contribution in [2.45, 2.75) is 13.3 Å². The third kappa shape index (κ3) is 2.39. The number of carbonyl (C=O) groups is 1. The van der Waals surface area contributed by atoms with E-state index < -0.39 is 0 Å². The van der Waals surface area contributed by atoms with Crippen LogP contribution >= 0.6 is 15.9 Å². The third-order valence-corrected chi connectivity index (χ3v) is 2.99. The van der Waals surface area contributed by atoms with Crippen molar-refractivity contribution < 1.29 is 9.21 Å². The maximum atomic E-state index is 11.0. The maximum Gasteiger partial charge on any atom is 0.199 e. The number of hydrogen-bond acceptors (Lipinski definition) is 3. The molecule has 0 aliphatic rings. The van der Waals surface area contributed by atoms with Gasteiger partial charge in [-0.05, 0) is 11.6 Å². The van der Waals surface area contributed by atoms with Crippen LogP contribution in [0.3, 0.4) is 0 Å². The highest BCUT2D eigenvalue weighted by molar-refractivity contribution is 9.10. The van der Waals surface area contributed by atoms with E-state index in [-0.39, 0.29) is 5.78 Å². The third-order valence-electron chi connectivity index (χ3n) is 2.21. The molecule has 0 unspecified atom stereocenters. The van der Waals surface area contributed by atoms with Gasteiger partial charge in [0.05, 0.1) is 6.42 Å². The van der Waals surface area contributed by atoms with Crippen molar-refractivity contribution in [3.05, 3.63) is 52.1 Å². The Kier molecular flexibility index (Phi) is 3.19. The first-order chi connectivity index (χ1) is 7.66. The van der Waals surface area contributed by atoms with E-state index in [1.807, 2.05) is 24.3 Å². The van der Waals surface area contributed by atoms with Crippen LogP contribution in [-0.4, -0.2) is 10.8 Å². The lowest BCUT2D eigenvalue weighted by Crippen LogP contribution is -1.94. The van der Waals surface area contributed by atoms with Crippen LogP contribution in [0.15, 0.2) is 39.4 Å². The fourth-order valence-electron chi connectivity index (χ4n) is 1.36. The molecule has 0 saturated carbocycles. The first-order valence-electron chi connectivity index (χ1n) is 4.85. The van der Waals surface area contributed by atoms with Gasteiger partial charge in [-0.2, -0.15) is 0 Å². The highest BCUT2D eigenvalue weighted by Gasteiger charge is 2.09. The Hall–Kier alpha value is -1.42. The fourth-order valence-corrected chi connectivity index (χ4v) is 1.78.